The molecule has 0 N–H and O–H groups in total. The first kappa shape index (κ1) is 21.0. The predicted molar refractivity (Wildman–Crippen MR) is 110 cm³/mol. The van der Waals surface area contributed by atoms with Gasteiger partial charge in [0.25, 0.3) is 0 Å². The van der Waals surface area contributed by atoms with Gasteiger partial charge < -0.3 is 28.4 Å². The number of carbonyl (C=O) groups is 2. The summed E-state index contributed by atoms with van der Waals surface area (Å²) in [5, 5.41) is 1.78. The van der Waals surface area contributed by atoms with Gasteiger partial charge in [-0.25, -0.2) is 9.59 Å². The van der Waals surface area contributed by atoms with Crippen LogP contribution in [-0.2, 0) is 9.47 Å². The fraction of sp³-hybridized carbons (Fsp3) is 0.273. The average Bonchev–Trinajstić information content (AvgIpc) is 2.79. The van der Waals surface area contributed by atoms with E-state index in [2.05, 4.69) is 0 Å². The minimum absolute atomic E-state index is 0.247. The molecule has 0 amide bonds. The molecule has 8 heteroatoms. The van der Waals surface area contributed by atoms with Gasteiger partial charge >= 0.3 is 11.9 Å². The summed E-state index contributed by atoms with van der Waals surface area (Å²) in [5.41, 5.74) is 0.495. The molecule has 0 saturated heterocycles. The Labute approximate surface area is 173 Å². The molecule has 3 aromatic rings. The smallest absolute Gasteiger partial charge is 0.339 e. The molecule has 8 nitrogen and oxygen atoms in total. The molecule has 0 bridgehead atoms. The first-order valence-corrected chi connectivity index (χ1v) is 8.89. The quantitative estimate of drug-likeness (QED) is 0.447. The molecule has 0 unspecified atom stereocenters. The largest absolute Gasteiger partial charge is 0.493 e. The molecule has 0 aliphatic carbocycles. The van der Waals surface area contributed by atoms with Crippen molar-refractivity contribution in [3.8, 4) is 23.0 Å². The zero-order valence-electron chi connectivity index (χ0n) is 17.6. The SMILES string of the molecule is COC(=O)c1c2cc(OC)c(OC)cc2c(C(=O)OC)c2cc(OC)c(OC)cc12. The Morgan fingerprint density at radius 1 is 0.500 bits per heavy atom. The minimum atomic E-state index is -0.583. The molecule has 0 heterocycles. The summed E-state index contributed by atoms with van der Waals surface area (Å²) in [7, 11) is 8.51. The standard InChI is InChI=1S/C22H22O8/c1-25-15-7-11-12(8-16(15)26-2)20(22(24)30-6)14-10-18(28-4)17(27-3)9-13(14)19(11)21(23)29-5/h7-10H,1-6H3. The van der Waals surface area contributed by atoms with E-state index in [1.54, 1.807) is 24.3 Å². The Hall–Kier alpha value is -3.68. The fourth-order valence-corrected chi connectivity index (χ4v) is 3.52. The highest BCUT2D eigenvalue weighted by Gasteiger charge is 2.26. The van der Waals surface area contributed by atoms with Gasteiger partial charge in [0.1, 0.15) is 0 Å². The maximum atomic E-state index is 12.8. The molecule has 3 aromatic carbocycles. The molecule has 0 aromatic heterocycles. The third-order valence-corrected chi connectivity index (χ3v) is 4.90. The van der Waals surface area contributed by atoms with E-state index in [1.165, 1.54) is 42.7 Å². The third kappa shape index (κ3) is 3.20. The van der Waals surface area contributed by atoms with Gasteiger partial charge in [0.15, 0.2) is 23.0 Å². The lowest BCUT2D eigenvalue weighted by atomic mass is 9.90. The van der Waals surface area contributed by atoms with E-state index in [9.17, 15) is 9.59 Å². The van der Waals surface area contributed by atoms with Crippen LogP contribution < -0.4 is 18.9 Å². The second-order valence-corrected chi connectivity index (χ2v) is 6.24. The predicted octanol–water partition coefficient (Wildman–Crippen LogP) is 3.60. The molecule has 0 spiro atoms. The van der Waals surface area contributed by atoms with Crippen molar-refractivity contribution in [1.29, 1.82) is 0 Å². The minimum Gasteiger partial charge on any atom is -0.493 e. The van der Waals surface area contributed by atoms with Crippen molar-refractivity contribution in [3.63, 3.8) is 0 Å². The van der Waals surface area contributed by atoms with E-state index in [0.717, 1.165) is 0 Å². The molecule has 0 fully saturated rings. The molecule has 3 rings (SSSR count). The van der Waals surface area contributed by atoms with E-state index in [0.29, 0.717) is 44.5 Å². The number of hydrogen-bond acceptors (Lipinski definition) is 8. The van der Waals surface area contributed by atoms with Crippen LogP contribution in [0.25, 0.3) is 21.5 Å². The summed E-state index contributed by atoms with van der Waals surface area (Å²) in [6, 6.07) is 6.51. The number of rotatable bonds is 6. The van der Waals surface area contributed by atoms with Crippen molar-refractivity contribution in [2.45, 2.75) is 0 Å². The number of benzene rings is 3. The number of carbonyl (C=O) groups excluding carboxylic acids is 2. The highest BCUT2D eigenvalue weighted by molar-refractivity contribution is 6.25. The summed E-state index contributed by atoms with van der Waals surface area (Å²) in [6.45, 7) is 0. The first-order chi connectivity index (χ1) is 14.4. The summed E-state index contributed by atoms with van der Waals surface area (Å²) in [4.78, 5) is 25.6. The molecule has 0 atom stereocenters. The molecule has 0 saturated carbocycles. The Balaban J connectivity index is 2.67. The topological polar surface area (TPSA) is 89.5 Å². The highest BCUT2D eigenvalue weighted by Crippen LogP contribution is 2.43. The summed E-state index contributed by atoms with van der Waals surface area (Å²) >= 11 is 0. The van der Waals surface area contributed by atoms with Crippen molar-refractivity contribution in [1.82, 2.24) is 0 Å². The van der Waals surface area contributed by atoms with Crippen LogP contribution in [0.1, 0.15) is 20.7 Å². The monoisotopic (exact) mass is 414 g/mol. The van der Waals surface area contributed by atoms with Crippen LogP contribution in [0.3, 0.4) is 0 Å². The third-order valence-electron chi connectivity index (χ3n) is 4.90. The number of methoxy groups -OCH3 is 6. The van der Waals surface area contributed by atoms with Gasteiger partial charge in [-0.3, -0.25) is 0 Å². The van der Waals surface area contributed by atoms with E-state index in [4.69, 9.17) is 28.4 Å². The normalized spacial score (nSPS) is 10.6. The van der Waals surface area contributed by atoms with Crippen LogP contribution >= 0.6 is 0 Å². The summed E-state index contributed by atoms with van der Waals surface area (Å²) in [5.74, 6) is 0.412. The second-order valence-electron chi connectivity index (χ2n) is 6.24. The lowest BCUT2D eigenvalue weighted by Crippen LogP contribution is -2.10. The molecule has 158 valence electrons. The van der Waals surface area contributed by atoms with Crippen molar-refractivity contribution in [2.24, 2.45) is 0 Å². The maximum Gasteiger partial charge on any atom is 0.339 e. The zero-order chi connectivity index (χ0) is 22.0. The lowest BCUT2D eigenvalue weighted by Gasteiger charge is -2.18. The van der Waals surface area contributed by atoms with E-state index >= 15 is 0 Å². The molecular weight excluding hydrogens is 392 g/mol. The zero-order valence-corrected chi connectivity index (χ0v) is 17.6. The van der Waals surface area contributed by atoms with Crippen molar-refractivity contribution in [2.75, 3.05) is 42.7 Å². The summed E-state index contributed by atoms with van der Waals surface area (Å²) < 4.78 is 31.7. The van der Waals surface area contributed by atoms with Crippen LogP contribution in [0.4, 0.5) is 0 Å². The van der Waals surface area contributed by atoms with E-state index in [-0.39, 0.29) is 11.1 Å². The number of hydrogen-bond donors (Lipinski definition) is 0. The van der Waals surface area contributed by atoms with Crippen LogP contribution in [0.15, 0.2) is 24.3 Å². The van der Waals surface area contributed by atoms with Crippen molar-refractivity contribution < 1.29 is 38.0 Å². The Morgan fingerprint density at radius 3 is 0.900 bits per heavy atom. The maximum absolute atomic E-state index is 12.8. The van der Waals surface area contributed by atoms with Gasteiger partial charge in [-0.05, 0) is 24.3 Å². The Morgan fingerprint density at radius 2 is 0.733 bits per heavy atom. The number of esters is 2. The molecule has 0 radical (unpaired) electrons. The first-order valence-electron chi connectivity index (χ1n) is 8.89. The second kappa shape index (κ2) is 8.36. The van der Waals surface area contributed by atoms with Crippen LogP contribution in [0.5, 0.6) is 23.0 Å². The van der Waals surface area contributed by atoms with Gasteiger partial charge in [-0.2, -0.15) is 0 Å². The van der Waals surface area contributed by atoms with Gasteiger partial charge in [0.05, 0.1) is 53.8 Å². The number of fused-ring (bicyclic) bond motifs is 2. The molecular formula is C22H22O8. The Bertz CT molecular complexity index is 987. The van der Waals surface area contributed by atoms with Crippen LogP contribution in [0.2, 0.25) is 0 Å². The van der Waals surface area contributed by atoms with Crippen molar-refractivity contribution >= 4 is 33.5 Å². The average molecular weight is 414 g/mol. The van der Waals surface area contributed by atoms with Gasteiger partial charge in [-0.15, -0.1) is 0 Å². The van der Waals surface area contributed by atoms with Crippen LogP contribution in [-0.4, -0.2) is 54.6 Å². The van der Waals surface area contributed by atoms with Gasteiger partial charge in [0, 0.05) is 21.5 Å². The van der Waals surface area contributed by atoms with Gasteiger partial charge in [-0.1, -0.05) is 0 Å². The van der Waals surface area contributed by atoms with Crippen molar-refractivity contribution in [3.05, 3.63) is 35.4 Å². The summed E-state index contributed by atoms with van der Waals surface area (Å²) in [6.07, 6.45) is 0. The number of ether oxygens (including phenoxy) is 6. The molecule has 30 heavy (non-hydrogen) atoms. The lowest BCUT2D eigenvalue weighted by molar-refractivity contribution is 0.0593. The molecule has 0 aliphatic heterocycles. The van der Waals surface area contributed by atoms with Gasteiger partial charge in [0.2, 0.25) is 0 Å². The molecule has 0 aliphatic rings. The van der Waals surface area contributed by atoms with Crippen LogP contribution in [0, 0.1) is 0 Å². The van der Waals surface area contributed by atoms with E-state index < -0.39 is 11.9 Å². The Kier molecular flexibility index (Phi) is 5.86. The van der Waals surface area contributed by atoms with E-state index in [1.807, 2.05) is 0 Å². The highest BCUT2D eigenvalue weighted by atomic mass is 16.5. The fourth-order valence-electron chi connectivity index (χ4n) is 3.52.